The van der Waals surface area contributed by atoms with Gasteiger partial charge in [-0.1, -0.05) is 29.4 Å². The lowest BCUT2D eigenvalue weighted by Crippen LogP contribution is -2.06. The van der Waals surface area contributed by atoms with E-state index in [9.17, 15) is 4.39 Å². The monoisotopic (exact) mass is 244 g/mol. The number of rotatable bonds is 2. The molecule has 0 bridgehead atoms. The molecule has 0 unspecified atom stereocenters. The summed E-state index contributed by atoms with van der Waals surface area (Å²) in [4.78, 5) is 4.04. The van der Waals surface area contributed by atoms with E-state index in [0.717, 1.165) is 5.39 Å². The van der Waals surface area contributed by atoms with Gasteiger partial charge in [-0.25, -0.2) is 10.2 Å². The van der Waals surface area contributed by atoms with E-state index in [2.05, 4.69) is 15.6 Å². The lowest BCUT2D eigenvalue weighted by atomic mass is 10.0. The third kappa shape index (κ3) is 1.59. The number of benzene rings is 2. The van der Waals surface area contributed by atoms with Gasteiger partial charge >= 0.3 is 6.01 Å². The quantitative estimate of drug-likeness (QED) is 0.534. The summed E-state index contributed by atoms with van der Waals surface area (Å²) in [6.45, 7) is 0. The molecule has 0 fully saturated rings. The zero-order chi connectivity index (χ0) is 12.5. The van der Waals surface area contributed by atoms with Gasteiger partial charge in [-0.3, -0.25) is 5.43 Å². The maximum atomic E-state index is 13.7. The summed E-state index contributed by atoms with van der Waals surface area (Å²) in [5.41, 5.74) is 2.95. The zero-order valence-electron chi connectivity index (χ0n) is 9.22. The molecule has 5 nitrogen and oxygen atoms in total. The molecule has 0 aliphatic rings. The first-order chi connectivity index (χ1) is 8.79. The number of hydrogen-bond donors (Lipinski definition) is 2. The van der Waals surface area contributed by atoms with Gasteiger partial charge in [0.1, 0.15) is 5.82 Å². The smallest absolute Gasteiger partial charge is 0.314 e. The fourth-order valence-corrected chi connectivity index (χ4v) is 1.85. The maximum absolute atomic E-state index is 13.7. The maximum Gasteiger partial charge on any atom is 0.335 e. The van der Waals surface area contributed by atoms with Gasteiger partial charge < -0.3 is 4.52 Å². The average molecular weight is 244 g/mol. The summed E-state index contributed by atoms with van der Waals surface area (Å²) in [5, 5.41) is 5.03. The van der Waals surface area contributed by atoms with Gasteiger partial charge in [0.15, 0.2) is 0 Å². The summed E-state index contributed by atoms with van der Waals surface area (Å²) in [7, 11) is 0. The summed E-state index contributed by atoms with van der Waals surface area (Å²) in [5.74, 6) is 5.25. The molecule has 0 aliphatic heterocycles. The third-order valence-electron chi connectivity index (χ3n) is 2.66. The Hall–Kier alpha value is -2.47. The number of nitrogens with two attached hydrogens (primary N) is 1. The van der Waals surface area contributed by atoms with Crippen LogP contribution in [0.1, 0.15) is 0 Å². The molecule has 0 spiro atoms. The van der Waals surface area contributed by atoms with E-state index in [1.807, 2.05) is 6.07 Å². The lowest BCUT2D eigenvalue weighted by molar-refractivity contribution is 0.432. The van der Waals surface area contributed by atoms with Crippen molar-refractivity contribution < 1.29 is 8.91 Å². The molecule has 3 aromatic rings. The van der Waals surface area contributed by atoms with Crippen LogP contribution >= 0.6 is 0 Å². The Labute approximate surface area is 101 Å². The highest BCUT2D eigenvalue weighted by atomic mass is 19.1. The minimum Gasteiger partial charge on any atom is -0.314 e. The van der Waals surface area contributed by atoms with Crippen LogP contribution in [-0.2, 0) is 0 Å². The summed E-state index contributed by atoms with van der Waals surface area (Å²) in [6, 6.07) is 10.2. The van der Waals surface area contributed by atoms with Crippen LogP contribution in [0.15, 0.2) is 40.9 Å². The van der Waals surface area contributed by atoms with Crippen molar-refractivity contribution in [3.8, 4) is 11.4 Å². The number of hydrazine groups is 1. The first-order valence-electron chi connectivity index (χ1n) is 5.27. The molecule has 18 heavy (non-hydrogen) atoms. The van der Waals surface area contributed by atoms with Gasteiger partial charge in [0.05, 0.1) is 0 Å². The Morgan fingerprint density at radius 2 is 1.89 bits per heavy atom. The van der Waals surface area contributed by atoms with Gasteiger partial charge in [-0.2, -0.15) is 4.98 Å². The highest BCUT2D eigenvalue weighted by Gasteiger charge is 2.12. The second-order valence-corrected chi connectivity index (χ2v) is 3.71. The molecule has 0 saturated heterocycles. The molecule has 1 heterocycles. The molecule has 1 aromatic heterocycles. The second kappa shape index (κ2) is 4.08. The molecule has 3 rings (SSSR count). The number of halogens is 1. The minimum atomic E-state index is -0.282. The van der Waals surface area contributed by atoms with E-state index in [0.29, 0.717) is 16.8 Å². The number of hydrogen-bond acceptors (Lipinski definition) is 5. The third-order valence-corrected chi connectivity index (χ3v) is 2.66. The van der Waals surface area contributed by atoms with Crippen LogP contribution in [0.2, 0.25) is 0 Å². The number of nitrogens with zero attached hydrogens (tertiary/aromatic N) is 2. The van der Waals surface area contributed by atoms with Crippen molar-refractivity contribution in [3.05, 3.63) is 42.2 Å². The predicted molar refractivity (Wildman–Crippen MR) is 65.0 cm³/mol. The fraction of sp³-hybridized carbons (Fsp3) is 0. The van der Waals surface area contributed by atoms with Crippen LogP contribution in [0, 0.1) is 5.82 Å². The second-order valence-electron chi connectivity index (χ2n) is 3.71. The average Bonchev–Trinajstić information content (AvgIpc) is 2.88. The Kier molecular flexibility index (Phi) is 2.42. The SMILES string of the molecule is NNc1nc(-c2ccc(F)c3ccccc23)no1. The highest BCUT2D eigenvalue weighted by Crippen LogP contribution is 2.28. The predicted octanol–water partition coefficient (Wildman–Crippen LogP) is 2.31. The summed E-state index contributed by atoms with van der Waals surface area (Å²) < 4.78 is 18.5. The molecular weight excluding hydrogens is 235 g/mol. The molecular formula is C12H9FN4O. The molecule has 0 radical (unpaired) electrons. The zero-order valence-corrected chi connectivity index (χ0v) is 9.22. The van der Waals surface area contributed by atoms with Crippen molar-refractivity contribution in [2.75, 3.05) is 5.43 Å². The first-order valence-corrected chi connectivity index (χ1v) is 5.27. The van der Waals surface area contributed by atoms with Crippen molar-refractivity contribution in [2.24, 2.45) is 5.84 Å². The van der Waals surface area contributed by atoms with Crippen molar-refractivity contribution in [2.45, 2.75) is 0 Å². The molecule has 90 valence electrons. The minimum absolute atomic E-state index is 0.110. The van der Waals surface area contributed by atoms with Crippen LogP contribution in [0.3, 0.4) is 0 Å². The lowest BCUT2D eigenvalue weighted by Gasteiger charge is -2.03. The molecule has 0 atom stereocenters. The van der Waals surface area contributed by atoms with E-state index in [-0.39, 0.29) is 11.8 Å². The van der Waals surface area contributed by atoms with E-state index < -0.39 is 0 Å². The van der Waals surface area contributed by atoms with E-state index in [1.165, 1.54) is 6.07 Å². The number of aromatic nitrogens is 2. The number of anilines is 1. The number of fused-ring (bicyclic) bond motifs is 1. The van der Waals surface area contributed by atoms with Crippen LogP contribution < -0.4 is 11.3 Å². The first kappa shape index (κ1) is 10.7. The molecule has 2 aromatic carbocycles. The van der Waals surface area contributed by atoms with Crippen LogP contribution in [-0.4, -0.2) is 10.1 Å². The van der Waals surface area contributed by atoms with E-state index in [1.54, 1.807) is 24.3 Å². The van der Waals surface area contributed by atoms with Crippen LogP contribution in [0.5, 0.6) is 0 Å². The van der Waals surface area contributed by atoms with Crippen molar-refractivity contribution in [1.82, 2.24) is 10.1 Å². The largest absolute Gasteiger partial charge is 0.335 e. The van der Waals surface area contributed by atoms with Gasteiger partial charge in [0.2, 0.25) is 5.82 Å². The Morgan fingerprint density at radius 3 is 2.61 bits per heavy atom. The van der Waals surface area contributed by atoms with Crippen molar-refractivity contribution >= 4 is 16.8 Å². The van der Waals surface area contributed by atoms with Gasteiger partial charge in [0, 0.05) is 10.9 Å². The molecule has 6 heteroatoms. The molecule has 3 N–H and O–H groups in total. The Morgan fingerprint density at radius 1 is 1.11 bits per heavy atom. The normalized spacial score (nSPS) is 10.8. The number of nitrogen functional groups attached to an aromatic ring is 1. The van der Waals surface area contributed by atoms with Crippen LogP contribution in [0.25, 0.3) is 22.2 Å². The molecule has 0 aliphatic carbocycles. The van der Waals surface area contributed by atoms with Gasteiger partial charge in [0.25, 0.3) is 0 Å². The molecule has 0 saturated carbocycles. The highest BCUT2D eigenvalue weighted by molar-refractivity contribution is 5.95. The standard InChI is InChI=1S/C12H9FN4O/c13-10-6-5-9(7-3-1-2-4-8(7)10)11-15-12(16-14)18-17-11/h1-6H,14H2,(H,15,16,17). The molecule has 0 amide bonds. The van der Waals surface area contributed by atoms with Crippen LogP contribution in [0.4, 0.5) is 10.4 Å². The number of nitrogens with one attached hydrogen (secondary N) is 1. The Bertz CT molecular complexity index is 710. The van der Waals surface area contributed by atoms with Crippen molar-refractivity contribution in [3.63, 3.8) is 0 Å². The van der Waals surface area contributed by atoms with E-state index >= 15 is 0 Å². The summed E-state index contributed by atoms with van der Waals surface area (Å²) >= 11 is 0. The van der Waals surface area contributed by atoms with Crippen molar-refractivity contribution in [1.29, 1.82) is 0 Å². The fourth-order valence-electron chi connectivity index (χ4n) is 1.85. The van der Waals surface area contributed by atoms with Gasteiger partial charge in [-0.15, -0.1) is 0 Å². The summed E-state index contributed by atoms with van der Waals surface area (Å²) in [6.07, 6.45) is 0. The topological polar surface area (TPSA) is 77.0 Å². The van der Waals surface area contributed by atoms with E-state index in [4.69, 9.17) is 10.4 Å². The van der Waals surface area contributed by atoms with Gasteiger partial charge in [-0.05, 0) is 17.5 Å². The Balaban J connectivity index is 2.26.